The Hall–Kier alpha value is -2.19. The first kappa shape index (κ1) is 18.2. The Morgan fingerprint density at radius 3 is 2.81 bits per heavy atom. The molecule has 0 unspecified atom stereocenters. The van der Waals surface area contributed by atoms with Gasteiger partial charge in [0.2, 0.25) is 0 Å². The van der Waals surface area contributed by atoms with E-state index in [1.807, 2.05) is 24.6 Å². The first-order valence-corrected chi connectivity index (χ1v) is 10.2. The number of rotatable bonds is 8. The van der Waals surface area contributed by atoms with Crippen molar-refractivity contribution in [3.8, 4) is 10.6 Å². The second kappa shape index (κ2) is 7.44. The second-order valence-corrected chi connectivity index (χ2v) is 8.55. The number of hydrogen-bond donors (Lipinski definition) is 2. The molecule has 2 heterocycles. The van der Waals surface area contributed by atoms with Gasteiger partial charge in [-0.2, -0.15) is 5.10 Å². The van der Waals surface area contributed by atoms with Crippen LogP contribution in [-0.2, 0) is 11.8 Å². The molecule has 1 amide bonds. The Labute approximate surface area is 162 Å². The van der Waals surface area contributed by atoms with Crippen LogP contribution in [0.3, 0.4) is 0 Å². The van der Waals surface area contributed by atoms with Crippen molar-refractivity contribution in [2.75, 3.05) is 13.1 Å². The molecule has 2 aromatic rings. The SMILES string of the molecule is Cn1cc(C(=O)NC2CC(N(CC(=O)O)CC3CC3)C2)c(-c2cccs2)n1. The lowest BCUT2D eigenvalue weighted by atomic mass is 9.85. The maximum atomic E-state index is 12.8. The van der Waals surface area contributed by atoms with Gasteiger partial charge >= 0.3 is 5.97 Å². The molecule has 4 rings (SSSR count). The predicted octanol–water partition coefficient (Wildman–Crippen LogP) is 2.21. The van der Waals surface area contributed by atoms with E-state index >= 15 is 0 Å². The summed E-state index contributed by atoms with van der Waals surface area (Å²) in [5.41, 5.74) is 1.30. The number of carboxylic acids is 1. The highest BCUT2D eigenvalue weighted by Crippen LogP contribution is 2.34. The standard InChI is InChI=1S/C19H24N4O3S/c1-22-10-15(18(21-22)16-3-2-6-27-16)19(26)20-13-7-14(8-13)23(11-17(24)25)9-12-4-5-12/h2-3,6,10,12-14H,4-5,7-9,11H2,1H3,(H,20,26)(H,24,25). The molecular weight excluding hydrogens is 364 g/mol. The lowest BCUT2D eigenvalue weighted by molar-refractivity contribution is -0.139. The van der Waals surface area contributed by atoms with Crippen LogP contribution in [0.2, 0.25) is 0 Å². The first-order valence-electron chi connectivity index (χ1n) is 9.34. The Morgan fingerprint density at radius 2 is 2.19 bits per heavy atom. The van der Waals surface area contributed by atoms with Gasteiger partial charge in [0.15, 0.2) is 0 Å². The van der Waals surface area contributed by atoms with Gasteiger partial charge in [0.1, 0.15) is 5.69 Å². The smallest absolute Gasteiger partial charge is 0.317 e. The quantitative estimate of drug-likeness (QED) is 0.724. The molecule has 144 valence electrons. The second-order valence-electron chi connectivity index (χ2n) is 7.60. The van der Waals surface area contributed by atoms with Crippen LogP contribution in [0, 0.1) is 5.92 Å². The highest BCUT2D eigenvalue weighted by atomic mass is 32.1. The number of thiophene rings is 1. The fraction of sp³-hybridized carbons (Fsp3) is 0.526. The summed E-state index contributed by atoms with van der Waals surface area (Å²) in [6.45, 7) is 0.954. The molecule has 2 saturated carbocycles. The summed E-state index contributed by atoms with van der Waals surface area (Å²) >= 11 is 1.56. The number of hydrogen-bond acceptors (Lipinski definition) is 5. The highest BCUT2D eigenvalue weighted by Gasteiger charge is 2.38. The number of aryl methyl sites for hydroxylation is 1. The Kier molecular flexibility index (Phi) is 5.01. The lowest BCUT2D eigenvalue weighted by Crippen LogP contribution is -2.55. The van der Waals surface area contributed by atoms with Gasteiger partial charge in [-0.05, 0) is 43.0 Å². The average molecular weight is 388 g/mol. The fourth-order valence-corrected chi connectivity index (χ4v) is 4.39. The fourth-order valence-electron chi connectivity index (χ4n) is 3.67. The zero-order valence-corrected chi connectivity index (χ0v) is 16.1. The maximum Gasteiger partial charge on any atom is 0.317 e. The van der Waals surface area contributed by atoms with Gasteiger partial charge in [-0.25, -0.2) is 0 Å². The third kappa shape index (κ3) is 4.22. The molecule has 2 aliphatic rings. The van der Waals surface area contributed by atoms with Crippen LogP contribution in [0.5, 0.6) is 0 Å². The molecule has 0 aromatic carbocycles. The maximum absolute atomic E-state index is 12.8. The van der Waals surface area contributed by atoms with Gasteiger partial charge in [0.25, 0.3) is 5.91 Å². The number of carboxylic acid groups (broad SMARTS) is 1. The Morgan fingerprint density at radius 1 is 1.41 bits per heavy atom. The molecule has 0 saturated heterocycles. The predicted molar refractivity (Wildman–Crippen MR) is 103 cm³/mol. The van der Waals surface area contributed by atoms with E-state index in [4.69, 9.17) is 5.11 Å². The molecule has 0 spiro atoms. The number of carbonyl (C=O) groups excluding carboxylic acids is 1. The summed E-state index contributed by atoms with van der Waals surface area (Å²) in [6, 6.07) is 4.25. The van der Waals surface area contributed by atoms with Gasteiger partial charge in [-0.15, -0.1) is 11.3 Å². The van der Waals surface area contributed by atoms with E-state index in [0.29, 0.717) is 17.2 Å². The van der Waals surface area contributed by atoms with E-state index in [9.17, 15) is 9.59 Å². The van der Waals surface area contributed by atoms with Gasteiger partial charge in [-0.1, -0.05) is 6.07 Å². The monoisotopic (exact) mass is 388 g/mol. The Bertz CT molecular complexity index is 822. The van der Waals surface area contributed by atoms with Gasteiger partial charge in [-0.3, -0.25) is 19.2 Å². The van der Waals surface area contributed by atoms with E-state index in [2.05, 4.69) is 15.3 Å². The van der Waals surface area contributed by atoms with Crippen molar-refractivity contribution in [3.63, 3.8) is 0 Å². The molecular formula is C19H24N4O3S. The van der Waals surface area contributed by atoms with Gasteiger partial charge in [0, 0.05) is 31.9 Å². The van der Waals surface area contributed by atoms with Crippen LogP contribution in [0.15, 0.2) is 23.7 Å². The topological polar surface area (TPSA) is 87.5 Å². The van der Waals surface area contributed by atoms with Crippen molar-refractivity contribution in [1.82, 2.24) is 20.0 Å². The largest absolute Gasteiger partial charge is 0.480 e. The number of nitrogens with one attached hydrogen (secondary N) is 1. The van der Waals surface area contributed by atoms with Crippen LogP contribution < -0.4 is 5.32 Å². The van der Waals surface area contributed by atoms with Crippen molar-refractivity contribution >= 4 is 23.2 Å². The van der Waals surface area contributed by atoms with Gasteiger partial charge < -0.3 is 10.4 Å². The molecule has 0 aliphatic heterocycles. The molecule has 8 heteroatoms. The summed E-state index contributed by atoms with van der Waals surface area (Å²) in [4.78, 5) is 26.9. The van der Waals surface area contributed by atoms with E-state index in [0.717, 1.165) is 24.3 Å². The summed E-state index contributed by atoms with van der Waals surface area (Å²) in [5, 5.41) is 18.6. The van der Waals surface area contributed by atoms with Crippen molar-refractivity contribution in [1.29, 1.82) is 0 Å². The minimum atomic E-state index is -0.779. The van der Waals surface area contributed by atoms with Crippen LogP contribution in [-0.4, -0.2) is 56.8 Å². The number of carbonyl (C=O) groups is 2. The summed E-state index contributed by atoms with van der Waals surface area (Å²) in [6.07, 6.45) is 5.77. The van der Waals surface area contributed by atoms with Crippen molar-refractivity contribution in [2.24, 2.45) is 13.0 Å². The van der Waals surface area contributed by atoms with Crippen molar-refractivity contribution in [2.45, 2.75) is 37.8 Å². The minimum Gasteiger partial charge on any atom is -0.480 e. The molecule has 2 aliphatic carbocycles. The summed E-state index contributed by atoms with van der Waals surface area (Å²) in [7, 11) is 1.81. The molecule has 27 heavy (non-hydrogen) atoms. The van der Waals surface area contributed by atoms with Crippen LogP contribution in [0.4, 0.5) is 0 Å². The van der Waals surface area contributed by atoms with Crippen LogP contribution in [0.1, 0.15) is 36.0 Å². The molecule has 0 radical (unpaired) electrons. The van der Waals surface area contributed by atoms with Gasteiger partial charge in [0.05, 0.1) is 17.0 Å². The van der Waals surface area contributed by atoms with E-state index in [-0.39, 0.29) is 24.5 Å². The normalized spacial score (nSPS) is 21.9. The molecule has 0 atom stereocenters. The molecule has 0 bridgehead atoms. The number of aliphatic carboxylic acids is 1. The number of aromatic nitrogens is 2. The van der Waals surface area contributed by atoms with E-state index < -0.39 is 5.97 Å². The van der Waals surface area contributed by atoms with Crippen molar-refractivity contribution < 1.29 is 14.7 Å². The van der Waals surface area contributed by atoms with Crippen LogP contribution >= 0.6 is 11.3 Å². The van der Waals surface area contributed by atoms with Crippen molar-refractivity contribution in [3.05, 3.63) is 29.3 Å². The molecule has 2 N–H and O–H groups in total. The van der Waals surface area contributed by atoms with E-state index in [1.165, 1.54) is 12.8 Å². The summed E-state index contributed by atoms with van der Waals surface area (Å²) in [5.74, 6) is -0.234. The molecule has 2 aromatic heterocycles. The zero-order valence-electron chi connectivity index (χ0n) is 15.3. The highest BCUT2D eigenvalue weighted by molar-refractivity contribution is 7.13. The van der Waals surface area contributed by atoms with E-state index in [1.54, 1.807) is 22.2 Å². The number of nitrogens with zero attached hydrogens (tertiary/aromatic N) is 3. The molecule has 2 fully saturated rings. The zero-order chi connectivity index (χ0) is 19.0. The third-order valence-electron chi connectivity index (χ3n) is 5.32. The lowest BCUT2D eigenvalue weighted by Gasteiger charge is -2.42. The summed E-state index contributed by atoms with van der Waals surface area (Å²) < 4.78 is 1.66. The molecule has 7 nitrogen and oxygen atoms in total. The first-order chi connectivity index (χ1) is 13.0. The third-order valence-corrected chi connectivity index (χ3v) is 6.20. The van der Waals surface area contributed by atoms with Crippen LogP contribution in [0.25, 0.3) is 10.6 Å². The number of amides is 1. The average Bonchev–Trinajstić information content (AvgIpc) is 3.07. The Balaban J connectivity index is 1.36. The minimum absolute atomic E-state index is 0.0902.